The summed E-state index contributed by atoms with van der Waals surface area (Å²) in [6, 6.07) is 11.7. The minimum absolute atomic E-state index is 0.0256. The molecular weight excluding hydrogens is 410 g/mol. The van der Waals surface area contributed by atoms with Crippen LogP contribution in [0.3, 0.4) is 0 Å². The largest absolute Gasteiger partial charge is 0.467 e. The minimum atomic E-state index is -0.711. The van der Waals surface area contributed by atoms with Gasteiger partial charge in [-0.3, -0.25) is 14.9 Å². The fourth-order valence-corrected chi connectivity index (χ4v) is 3.94. The van der Waals surface area contributed by atoms with Crippen molar-refractivity contribution in [1.82, 2.24) is 10.2 Å². The molecule has 168 valence electrons. The van der Waals surface area contributed by atoms with E-state index in [-0.39, 0.29) is 17.5 Å². The van der Waals surface area contributed by atoms with Crippen molar-refractivity contribution in [2.75, 3.05) is 26.7 Å². The highest BCUT2D eigenvalue weighted by atomic mass is 16.6. The number of nitro benzene ring substituents is 1. The van der Waals surface area contributed by atoms with E-state index in [4.69, 9.17) is 4.74 Å². The lowest BCUT2D eigenvalue weighted by atomic mass is 9.89. The summed E-state index contributed by atoms with van der Waals surface area (Å²) < 4.78 is 4.82. The van der Waals surface area contributed by atoms with Crippen molar-refractivity contribution in [3.05, 3.63) is 69.8 Å². The fourth-order valence-electron chi connectivity index (χ4n) is 3.94. The molecule has 2 aromatic carbocycles. The van der Waals surface area contributed by atoms with Gasteiger partial charge in [-0.05, 0) is 28.7 Å². The Balaban J connectivity index is 2.03. The predicted octanol–water partition coefficient (Wildman–Crippen LogP) is 3.37. The Morgan fingerprint density at radius 1 is 1.22 bits per heavy atom. The molecule has 2 aromatic rings. The van der Waals surface area contributed by atoms with Crippen molar-refractivity contribution in [2.24, 2.45) is 0 Å². The number of amides is 1. The second-order valence-electron chi connectivity index (χ2n) is 7.85. The molecule has 1 amide bonds. The lowest BCUT2D eigenvalue weighted by Gasteiger charge is -2.33. The maximum absolute atomic E-state index is 12.9. The van der Waals surface area contributed by atoms with Gasteiger partial charge in [0.05, 0.1) is 17.6 Å². The van der Waals surface area contributed by atoms with Crippen molar-refractivity contribution < 1.29 is 19.2 Å². The van der Waals surface area contributed by atoms with Crippen molar-refractivity contribution in [2.45, 2.75) is 25.8 Å². The SMILES string of the molecule is COC(=O)C1CNCCN1C(=O)/C=C/c1cccc([N+](=O)[O-])c1-c1ccccc1C(C)C. The van der Waals surface area contributed by atoms with Crippen LogP contribution in [0.5, 0.6) is 0 Å². The van der Waals surface area contributed by atoms with Gasteiger partial charge in [-0.1, -0.05) is 50.2 Å². The number of nitrogens with zero attached hydrogens (tertiary/aromatic N) is 2. The highest BCUT2D eigenvalue weighted by Gasteiger charge is 2.32. The molecule has 0 saturated carbocycles. The number of methoxy groups -OCH3 is 1. The first-order valence-corrected chi connectivity index (χ1v) is 10.5. The van der Waals surface area contributed by atoms with Crippen LogP contribution in [0.15, 0.2) is 48.5 Å². The lowest BCUT2D eigenvalue weighted by molar-refractivity contribution is -0.384. The number of rotatable bonds is 6. The monoisotopic (exact) mass is 437 g/mol. The second-order valence-corrected chi connectivity index (χ2v) is 7.85. The van der Waals surface area contributed by atoms with Crippen LogP contribution in [0.25, 0.3) is 17.2 Å². The van der Waals surface area contributed by atoms with Crippen LogP contribution < -0.4 is 5.32 Å². The Bertz CT molecular complexity index is 1050. The van der Waals surface area contributed by atoms with Gasteiger partial charge in [0.15, 0.2) is 0 Å². The number of hydrogen-bond donors (Lipinski definition) is 1. The molecule has 1 unspecified atom stereocenters. The smallest absolute Gasteiger partial charge is 0.329 e. The van der Waals surface area contributed by atoms with Crippen LogP contribution in [0, 0.1) is 10.1 Å². The summed E-state index contributed by atoms with van der Waals surface area (Å²) in [7, 11) is 1.29. The number of nitrogens with one attached hydrogen (secondary N) is 1. The average Bonchev–Trinajstić information content (AvgIpc) is 2.81. The van der Waals surface area contributed by atoms with Gasteiger partial charge in [-0.15, -0.1) is 0 Å². The van der Waals surface area contributed by atoms with Crippen molar-refractivity contribution in [3.8, 4) is 11.1 Å². The zero-order valence-corrected chi connectivity index (χ0v) is 18.4. The van der Waals surface area contributed by atoms with Crippen LogP contribution in [0.2, 0.25) is 0 Å². The van der Waals surface area contributed by atoms with Gasteiger partial charge < -0.3 is 15.0 Å². The molecule has 8 nitrogen and oxygen atoms in total. The summed E-state index contributed by atoms with van der Waals surface area (Å²) in [5.41, 5.74) is 2.75. The molecule has 1 heterocycles. The van der Waals surface area contributed by atoms with Gasteiger partial charge >= 0.3 is 5.97 Å². The van der Waals surface area contributed by atoms with Crippen LogP contribution in [-0.4, -0.2) is 54.5 Å². The third kappa shape index (κ3) is 4.86. The van der Waals surface area contributed by atoms with Gasteiger partial charge in [0.1, 0.15) is 6.04 Å². The molecule has 0 radical (unpaired) electrons. The van der Waals surface area contributed by atoms with E-state index in [1.165, 1.54) is 24.2 Å². The molecular formula is C24H27N3O5. The van der Waals surface area contributed by atoms with E-state index in [9.17, 15) is 19.7 Å². The summed E-state index contributed by atoms with van der Waals surface area (Å²) in [6.45, 7) is 5.31. The van der Waals surface area contributed by atoms with Crippen molar-refractivity contribution in [3.63, 3.8) is 0 Å². The second kappa shape index (κ2) is 10.2. The van der Waals surface area contributed by atoms with Gasteiger partial charge in [0.2, 0.25) is 5.91 Å². The van der Waals surface area contributed by atoms with E-state index in [2.05, 4.69) is 5.32 Å². The van der Waals surface area contributed by atoms with Gasteiger partial charge in [-0.25, -0.2) is 4.79 Å². The van der Waals surface area contributed by atoms with Crippen molar-refractivity contribution >= 4 is 23.6 Å². The molecule has 1 N–H and O–H groups in total. The molecule has 0 aromatic heterocycles. The normalized spacial score (nSPS) is 16.4. The first kappa shape index (κ1) is 23.1. The number of hydrogen-bond acceptors (Lipinski definition) is 6. The zero-order valence-electron chi connectivity index (χ0n) is 18.4. The maximum Gasteiger partial charge on any atom is 0.329 e. The van der Waals surface area contributed by atoms with E-state index in [1.54, 1.807) is 18.2 Å². The summed E-state index contributed by atoms with van der Waals surface area (Å²) in [5, 5.41) is 14.9. The van der Waals surface area contributed by atoms with Crippen molar-refractivity contribution in [1.29, 1.82) is 0 Å². The summed E-state index contributed by atoms with van der Waals surface area (Å²) in [4.78, 5) is 37.8. The van der Waals surface area contributed by atoms with Gasteiger partial charge in [-0.2, -0.15) is 0 Å². The minimum Gasteiger partial charge on any atom is -0.467 e. The maximum atomic E-state index is 12.9. The van der Waals surface area contributed by atoms with E-state index in [1.807, 2.05) is 38.1 Å². The number of esters is 1. The molecule has 0 bridgehead atoms. The van der Waals surface area contributed by atoms with Crippen LogP contribution >= 0.6 is 0 Å². The fraction of sp³-hybridized carbons (Fsp3) is 0.333. The molecule has 0 spiro atoms. The Labute approximate surface area is 187 Å². The van der Waals surface area contributed by atoms with Gasteiger partial charge in [0, 0.05) is 31.8 Å². The molecule has 1 fully saturated rings. The summed E-state index contributed by atoms with van der Waals surface area (Å²) in [6.07, 6.45) is 2.94. The molecule has 0 aliphatic carbocycles. The topological polar surface area (TPSA) is 102 Å². The van der Waals surface area contributed by atoms with E-state index < -0.39 is 16.9 Å². The first-order chi connectivity index (χ1) is 15.3. The first-order valence-electron chi connectivity index (χ1n) is 10.5. The summed E-state index contributed by atoms with van der Waals surface area (Å²) >= 11 is 0. The quantitative estimate of drug-likeness (QED) is 0.322. The molecule has 1 aliphatic heterocycles. The van der Waals surface area contributed by atoms with Gasteiger partial charge in [0.25, 0.3) is 5.69 Å². The number of ether oxygens (including phenoxy) is 1. The number of benzene rings is 2. The van der Waals surface area contributed by atoms with Crippen LogP contribution in [0.1, 0.15) is 30.9 Å². The Hall–Kier alpha value is -3.52. The van der Waals surface area contributed by atoms with E-state index in [0.29, 0.717) is 30.8 Å². The Kier molecular flexibility index (Phi) is 7.37. The molecule has 1 atom stereocenters. The average molecular weight is 437 g/mol. The zero-order chi connectivity index (χ0) is 23.3. The highest BCUT2D eigenvalue weighted by molar-refractivity contribution is 5.96. The molecule has 1 aliphatic rings. The standard InChI is InChI=1S/C24H27N3O5/c1-16(2)18-8-4-5-9-19(18)23-17(7-6-10-20(23)27(30)31)11-12-22(28)26-14-13-25-15-21(26)24(29)32-3/h4-12,16,21,25H,13-15H2,1-3H3/b12-11+. The number of carbonyl (C=O) groups is 2. The molecule has 8 heteroatoms. The Morgan fingerprint density at radius 2 is 1.97 bits per heavy atom. The van der Waals surface area contributed by atoms with E-state index in [0.717, 1.165) is 11.1 Å². The number of carbonyl (C=O) groups excluding carboxylic acids is 2. The Morgan fingerprint density at radius 3 is 2.66 bits per heavy atom. The molecule has 32 heavy (non-hydrogen) atoms. The van der Waals surface area contributed by atoms with Crippen LogP contribution in [-0.2, 0) is 14.3 Å². The number of nitro groups is 1. The third-order valence-electron chi connectivity index (χ3n) is 5.53. The highest BCUT2D eigenvalue weighted by Crippen LogP contribution is 2.38. The predicted molar refractivity (Wildman–Crippen MR) is 122 cm³/mol. The number of piperazine rings is 1. The lowest BCUT2D eigenvalue weighted by Crippen LogP contribution is -2.56. The van der Waals surface area contributed by atoms with E-state index >= 15 is 0 Å². The molecule has 1 saturated heterocycles. The third-order valence-corrected chi connectivity index (χ3v) is 5.53. The van der Waals surface area contributed by atoms with Crippen LogP contribution in [0.4, 0.5) is 5.69 Å². The summed E-state index contributed by atoms with van der Waals surface area (Å²) in [5.74, 6) is -0.677. The molecule has 3 rings (SSSR count).